The Labute approximate surface area is 65.9 Å². The molecule has 0 aliphatic heterocycles. The SMILES string of the molecule is O=C(C=NO)Oc1nccs1. The van der Waals surface area contributed by atoms with Crippen molar-refractivity contribution < 1.29 is 14.7 Å². The lowest BCUT2D eigenvalue weighted by Gasteiger charge is -1.90. The van der Waals surface area contributed by atoms with E-state index < -0.39 is 5.97 Å². The van der Waals surface area contributed by atoms with Crippen LogP contribution in [0, 0.1) is 0 Å². The third kappa shape index (κ3) is 2.34. The fourth-order valence-electron chi connectivity index (χ4n) is 0.420. The number of hydrogen-bond donors (Lipinski definition) is 1. The Hall–Kier alpha value is -1.43. The molecule has 1 aromatic rings. The van der Waals surface area contributed by atoms with Gasteiger partial charge in [-0.25, -0.2) is 9.78 Å². The highest BCUT2D eigenvalue weighted by Crippen LogP contribution is 2.12. The number of esters is 1. The van der Waals surface area contributed by atoms with E-state index in [9.17, 15) is 4.79 Å². The quantitative estimate of drug-likeness (QED) is 0.305. The molecule has 0 aromatic carbocycles. The average molecular weight is 172 g/mol. The van der Waals surface area contributed by atoms with Gasteiger partial charge < -0.3 is 9.94 Å². The topological polar surface area (TPSA) is 71.8 Å². The van der Waals surface area contributed by atoms with E-state index in [-0.39, 0.29) is 5.19 Å². The molecule has 0 bridgehead atoms. The number of nitrogens with zero attached hydrogens (tertiary/aromatic N) is 2. The first-order valence-electron chi connectivity index (χ1n) is 2.61. The van der Waals surface area contributed by atoms with Crippen molar-refractivity contribution in [2.45, 2.75) is 0 Å². The number of carbonyl (C=O) groups excluding carboxylic acids is 1. The highest BCUT2D eigenvalue weighted by molar-refractivity contribution is 7.11. The summed E-state index contributed by atoms with van der Waals surface area (Å²) in [6.45, 7) is 0. The maximum Gasteiger partial charge on any atom is 0.360 e. The molecule has 0 amide bonds. The summed E-state index contributed by atoms with van der Waals surface area (Å²) in [5.74, 6) is -0.748. The van der Waals surface area contributed by atoms with Gasteiger partial charge >= 0.3 is 5.97 Å². The lowest BCUT2D eigenvalue weighted by atomic mass is 10.8. The van der Waals surface area contributed by atoms with Crippen molar-refractivity contribution >= 4 is 23.5 Å². The van der Waals surface area contributed by atoms with Crippen molar-refractivity contribution in [1.82, 2.24) is 4.98 Å². The molecule has 6 heteroatoms. The van der Waals surface area contributed by atoms with Gasteiger partial charge in [0.1, 0.15) is 0 Å². The molecule has 1 rings (SSSR count). The predicted octanol–water partition coefficient (Wildman–Crippen LogP) is 0.509. The second kappa shape index (κ2) is 3.67. The molecule has 11 heavy (non-hydrogen) atoms. The van der Waals surface area contributed by atoms with Crippen molar-refractivity contribution in [2.75, 3.05) is 0 Å². The third-order valence-corrected chi connectivity index (χ3v) is 1.41. The summed E-state index contributed by atoms with van der Waals surface area (Å²) in [6, 6.07) is 0. The van der Waals surface area contributed by atoms with Crippen LogP contribution >= 0.6 is 11.3 Å². The monoisotopic (exact) mass is 172 g/mol. The van der Waals surface area contributed by atoms with E-state index in [2.05, 4.69) is 14.9 Å². The van der Waals surface area contributed by atoms with Gasteiger partial charge in [0.2, 0.25) is 0 Å². The van der Waals surface area contributed by atoms with Gasteiger partial charge in [-0.15, -0.1) is 0 Å². The van der Waals surface area contributed by atoms with Crippen molar-refractivity contribution in [3.63, 3.8) is 0 Å². The summed E-state index contributed by atoms with van der Waals surface area (Å²) in [4.78, 5) is 14.2. The third-order valence-electron chi connectivity index (χ3n) is 0.761. The normalized spacial score (nSPS) is 10.2. The molecular weight excluding hydrogens is 168 g/mol. The Morgan fingerprint density at radius 1 is 1.91 bits per heavy atom. The molecule has 0 aliphatic rings. The van der Waals surface area contributed by atoms with Crippen LogP contribution in [-0.2, 0) is 4.79 Å². The molecule has 0 atom stereocenters. The maximum absolute atomic E-state index is 10.5. The summed E-state index contributed by atoms with van der Waals surface area (Å²) < 4.78 is 4.55. The van der Waals surface area contributed by atoms with E-state index in [4.69, 9.17) is 5.21 Å². The van der Waals surface area contributed by atoms with E-state index >= 15 is 0 Å². The predicted molar refractivity (Wildman–Crippen MR) is 38.0 cm³/mol. The Balaban J connectivity index is 2.50. The Morgan fingerprint density at radius 2 is 2.73 bits per heavy atom. The zero-order valence-electron chi connectivity index (χ0n) is 5.30. The van der Waals surface area contributed by atoms with Crippen LogP contribution in [0.3, 0.4) is 0 Å². The van der Waals surface area contributed by atoms with Crippen molar-refractivity contribution in [3.05, 3.63) is 11.6 Å². The summed E-state index contributed by atoms with van der Waals surface area (Å²) in [7, 11) is 0. The molecule has 5 nitrogen and oxygen atoms in total. The summed E-state index contributed by atoms with van der Waals surface area (Å²) in [6.07, 6.45) is 2.16. The van der Waals surface area contributed by atoms with Gasteiger partial charge in [0, 0.05) is 11.6 Å². The fraction of sp³-hybridized carbons (Fsp3) is 0. The Morgan fingerprint density at radius 3 is 3.27 bits per heavy atom. The van der Waals surface area contributed by atoms with E-state index in [0.717, 1.165) is 0 Å². The molecule has 1 aromatic heterocycles. The molecule has 58 valence electrons. The van der Waals surface area contributed by atoms with Crippen molar-refractivity contribution in [1.29, 1.82) is 0 Å². The Bertz CT molecular complexity index is 257. The van der Waals surface area contributed by atoms with Crippen LogP contribution in [0.5, 0.6) is 5.19 Å². The zero-order chi connectivity index (χ0) is 8.10. The van der Waals surface area contributed by atoms with Crippen molar-refractivity contribution in [3.8, 4) is 5.19 Å². The first-order valence-corrected chi connectivity index (χ1v) is 3.49. The van der Waals surface area contributed by atoms with Gasteiger partial charge in [0.25, 0.3) is 5.19 Å². The number of rotatable bonds is 2. The summed E-state index contributed by atoms with van der Waals surface area (Å²) in [5.41, 5.74) is 0. The number of carbonyl (C=O) groups is 1. The standard InChI is InChI=1S/C5H4N2O3S/c8-4(3-7-9)10-5-6-1-2-11-5/h1-3,9H. The molecular formula is C5H4N2O3S. The molecule has 0 unspecified atom stereocenters. The average Bonchev–Trinajstić information content (AvgIpc) is 2.40. The fourth-order valence-corrected chi connectivity index (χ4v) is 0.910. The van der Waals surface area contributed by atoms with E-state index in [0.29, 0.717) is 6.21 Å². The summed E-state index contributed by atoms with van der Waals surface area (Å²) in [5, 5.41) is 12.3. The molecule has 0 radical (unpaired) electrons. The Kier molecular flexibility index (Phi) is 2.56. The van der Waals surface area contributed by atoms with E-state index in [1.165, 1.54) is 17.5 Å². The van der Waals surface area contributed by atoms with Gasteiger partial charge in [-0.3, -0.25) is 0 Å². The molecule has 0 spiro atoms. The van der Waals surface area contributed by atoms with Crippen LogP contribution in [0.4, 0.5) is 0 Å². The zero-order valence-corrected chi connectivity index (χ0v) is 6.11. The highest BCUT2D eigenvalue weighted by Gasteiger charge is 2.01. The largest absolute Gasteiger partial charge is 0.411 e. The minimum atomic E-state index is -0.748. The first-order chi connectivity index (χ1) is 5.33. The number of hydrogen-bond acceptors (Lipinski definition) is 6. The van der Waals surface area contributed by atoms with Crippen LogP contribution < -0.4 is 4.74 Å². The number of oxime groups is 1. The van der Waals surface area contributed by atoms with Crippen LogP contribution in [-0.4, -0.2) is 22.4 Å². The van der Waals surface area contributed by atoms with E-state index in [1.54, 1.807) is 5.38 Å². The highest BCUT2D eigenvalue weighted by atomic mass is 32.1. The minimum absolute atomic E-state index is 0.231. The maximum atomic E-state index is 10.5. The second-order valence-electron chi connectivity index (χ2n) is 1.46. The van der Waals surface area contributed by atoms with Crippen molar-refractivity contribution in [2.24, 2.45) is 5.16 Å². The second-order valence-corrected chi connectivity index (χ2v) is 2.32. The molecule has 0 aliphatic carbocycles. The van der Waals surface area contributed by atoms with Gasteiger partial charge in [0.15, 0.2) is 6.21 Å². The lowest BCUT2D eigenvalue weighted by Crippen LogP contribution is -2.08. The van der Waals surface area contributed by atoms with Crippen LogP contribution in [0.25, 0.3) is 0 Å². The first kappa shape index (κ1) is 7.67. The number of aromatic nitrogens is 1. The lowest BCUT2D eigenvalue weighted by molar-refractivity contribution is -0.126. The smallest absolute Gasteiger partial charge is 0.360 e. The van der Waals surface area contributed by atoms with Gasteiger partial charge in [0.05, 0.1) is 0 Å². The summed E-state index contributed by atoms with van der Waals surface area (Å²) >= 11 is 1.18. The molecule has 0 saturated carbocycles. The number of ether oxygens (including phenoxy) is 1. The molecule has 1 N–H and O–H groups in total. The van der Waals surface area contributed by atoms with E-state index in [1.807, 2.05) is 0 Å². The van der Waals surface area contributed by atoms with Crippen LogP contribution in [0.2, 0.25) is 0 Å². The van der Waals surface area contributed by atoms with Crippen LogP contribution in [0.1, 0.15) is 0 Å². The molecule has 0 fully saturated rings. The minimum Gasteiger partial charge on any atom is -0.411 e. The molecule has 1 heterocycles. The van der Waals surface area contributed by atoms with Gasteiger partial charge in [-0.05, 0) is 0 Å². The van der Waals surface area contributed by atoms with Crippen LogP contribution in [0.15, 0.2) is 16.7 Å². The molecule has 0 saturated heterocycles. The number of thiazole rings is 1. The van der Waals surface area contributed by atoms with Gasteiger partial charge in [-0.2, -0.15) is 0 Å². The van der Waals surface area contributed by atoms with Gasteiger partial charge in [-0.1, -0.05) is 16.5 Å².